The first-order valence-electron chi connectivity index (χ1n) is 7.54. The van der Waals surface area contributed by atoms with E-state index in [2.05, 4.69) is 53.6 Å². The van der Waals surface area contributed by atoms with Crippen molar-refractivity contribution in [2.24, 2.45) is 10.7 Å². The van der Waals surface area contributed by atoms with Crippen LogP contribution in [0.5, 0.6) is 0 Å². The molecular formula is C17H25IN4S. The van der Waals surface area contributed by atoms with Gasteiger partial charge < -0.3 is 11.1 Å². The molecule has 0 amide bonds. The summed E-state index contributed by atoms with van der Waals surface area (Å²) < 4.78 is 0. The third-order valence-corrected chi connectivity index (χ3v) is 4.61. The van der Waals surface area contributed by atoms with Crippen LogP contribution in [0.1, 0.15) is 48.9 Å². The Morgan fingerprint density at radius 2 is 2.09 bits per heavy atom. The molecule has 0 bridgehead atoms. The number of aliphatic imine (C=N–C) groups is 1. The molecular weight excluding hydrogens is 419 g/mol. The van der Waals surface area contributed by atoms with Crippen LogP contribution >= 0.6 is 35.3 Å². The lowest BCUT2D eigenvalue weighted by molar-refractivity contribution is 0.763. The Morgan fingerprint density at radius 3 is 2.70 bits per heavy atom. The topological polar surface area (TPSA) is 63.3 Å². The van der Waals surface area contributed by atoms with Crippen molar-refractivity contribution in [3.8, 4) is 0 Å². The zero-order valence-corrected chi connectivity index (χ0v) is 17.2. The number of thiazole rings is 1. The van der Waals surface area contributed by atoms with Crippen LogP contribution in [0, 0.1) is 6.92 Å². The minimum absolute atomic E-state index is 0. The summed E-state index contributed by atoms with van der Waals surface area (Å²) in [6.45, 7) is 9.11. The highest BCUT2D eigenvalue weighted by Gasteiger charge is 2.09. The molecule has 1 heterocycles. The maximum atomic E-state index is 5.99. The van der Waals surface area contributed by atoms with E-state index in [-0.39, 0.29) is 29.9 Å². The van der Waals surface area contributed by atoms with Crippen molar-refractivity contribution in [3.05, 3.63) is 45.9 Å². The van der Waals surface area contributed by atoms with Gasteiger partial charge in [-0.05, 0) is 30.5 Å². The fourth-order valence-corrected chi connectivity index (χ4v) is 2.92. The van der Waals surface area contributed by atoms with E-state index in [0.717, 1.165) is 16.4 Å². The van der Waals surface area contributed by atoms with Crippen LogP contribution in [0.15, 0.2) is 34.6 Å². The molecule has 0 spiro atoms. The van der Waals surface area contributed by atoms with Gasteiger partial charge in [0.15, 0.2) is 5.96 Å². The van der Waals surface area contributed by atoms with Crippen molar-refractivity contribution < 1.29 is 0 Å². The molecule has 6 heteroatoms. The number of aryl methyl sites for hydroxylation is 1. The van der Waals surface area contributed by atoms with Gasteiger partial charge in [-0.15, -0.1) is 35.3 Å². The van der Waals surface area contributed by atoms with Gasteiger partial charge in [-0.1, -0.05) is 32.9 Å². The van der Waals surface area contributed by atoms with Crippen molar-refractivity contribution in [1.29, 1.82) is 0 Å². The molecule has 0 fully saturated rings. The highest BCUT2D eigenvalue weighted by molar-refractivity contribution is 14.0. The molecule has 23 heavy (non-hydrogen) atoms. The monoisotopic (exact) mass is 444 g/mol. The Kier molecular flexibility index (Phi) is 7.98. The number of guanidine groups is 1. The number of anilines is 1. The summed E-state index contributed by atoms with van der Waals surface area (Å²) >= 11 is 1.68. The minimum Gasteiger partial charge on any atom is -0.370 e. The van der Waals surface area contributed by atoms with Crippen molar-refractivity contribution in [3.63, 3.8) is 0 Å². The van der Waals surface area contributed by atoms with Gasteiger partial charge in [-0.25, -0.2) is 4.98 Å². The first-order valence-corrected chi connectivity index (χ1v) is 8.42. The Morgan fingerprint density at radius 1 is 1.35 bits per heavy atom. The minimum atomic E-state index is 0. The summed E-state index contributed by atoms with van der Waals surface area (Å²) in [5, 5.41) is 6.33. The summed E-state index contributed by atoms with van der Waals surface area (Å²) in [4.78, 5) is 8.92. The summed E-state index contributed by atoms with van der Waals surface area (Å²) in [6, 6.07) is 8.27. The third-order valence-electron chi connectivity index (χ3n) is 3.42. The molecule has 2 rings (SSSR count). The number of halogens is 1. The SMILES string of the molecule is Cc1csc(C(C)CN=C(N)Nc2cccc(C(C)C)c2)n1.I. The Bertz CT molecular complexity index is 652. The summed E-state index contributed by atoms with van der Waals surface area (Å²) in [5.41, 5.74) is 9.31. The van der Waals surface area contributed by atoms with Gasteiger partial charge in [0.25, 0.3) is 0 Å². The van der Waals surface area contributed by atoms with E-state index in [1.807, 2.05) is 19.1 Å². The van der Waals surface area contributed by atoms with Crippen LogP contribution in [0.2, 0.25) is 0 Å². The largest absolute Gasteiger partial charge is 0.370 e. The zero-order valence-electron chi connectivity index (χ0n) is 14.0. The van der Waals surface area contributed by atoms with E-state index >= 15 is 0 Å². The Hall–Kier alpha value is -1.15. The lowest BCUT2D eigenvalue weighted by Gasteiger charge is -2.10. The van der Waals surface area contributed by atoms with E-state index in [1.165, 1.54) is 5.56 Å². The maximum absolute atomic E-state index is 5.99. The number of nitrogens with one attached hydrogen (secondary N) is 1. The zero-order chi connectivity index (χ0) is 16.1. The van der Waals surface area contributed by atoms with Crippen LogP contribution in [0.4, 0.5) is 5.69 Å². The predicted octanol–water partition coefficient (Wildman–Crippen LogP) is 4.72. The predicted molar refractivity (Wildman–Crippen MR) is 111 cm³/mol. The molecule has 0 saturated heterocycles. The average molecular weight is 444 g/mol. The standard InChI is InChI=1S/C17H24N4S.HI/c1-11(2)14-6-5-7-15(8-14)21-17(18)19-9-12(3)16-20-13(4)10-22-16;/h5-8,10-12H,9H2,1-4H3,(H3,18,19,21);1H. The van der Waals surface area contributed by atoms with Crippen LogP contribution in [-0.2, 0) is 0 Å². The molecule has 0 saturated carbocycles. The smallest absolute Gasteiger partial charge is 0.193 e. The van der Waals surface area contributed by atoms with Gasteiger partial charge in [-0.2, -0.15) is 0 Å². The van der Waals surface area contributed by atoms with E-state index in [4.69, 9.17) is 5.73 Å². The van der Waals surface area contributed by atoms with Crippen LogP contribution in [0.25, 0.3) is 0 Å². The molecule has 0 aliphatic heterocycles. The average Bonchev–Trinajstić information content (AvgIpc) is 2.91. The van der Waals surface area contributed by atoms with Crippen LogP contribution < -0.4 is 11.1 Å². The quantitative estimate of drug-likeness (QED) is 0.399. The van der Waals surface area contributed by atoms with Gasteiger partial charge in [-0.3, -0.25) is 4.99 Å². The van der Waals surface area contributed by atoms with Gasteiger partial charge in [0.1, 0.15) is 0 Å². The molecule has 1 aromatic heterocycles. The number of benzene rings is 1. The molecule has 1 unspecified atom stereocenters. The number of rotatable bonds is 5. The van der Waals surface area contributed by atoms with Crippen molar-refractivity contribution in [2.45, 2.75) is 39.5 Å². The molecule has 0 aliphatic carbocycles. The van der Waals surface area contributed by atoms with Gasteiger partial charge in [0.05, 0.1) is 11.6 Å². The fraction of sp³-hybridized carbons (Fsp3) is 0.412. The van der Waals surface area contributed by atoms with Crippen LogP contribution in [-0.4, -0.2) is 17.5 Å². The number of hydrogen-bond acceptors (Lipinski definition) is 3. The second kappa shape index (κ2) is 9.22. The lowest BCUT2D eigenvalue weighted by atomic mass is 10.0. The van der Waals surface area contributed by atoms with E-state index in [0.29, 0.717) is 18.4 Å². The van der Waals surface area contributed by atoms with E-state index in [9.17, 15) is 0 Å². The molecule has 126 valence electrons. The number of nitrogens with two attached hydrogens (primary N) is 1. The second-order valence-corrected chi connectivity index (χ2v) is 6.75. The number of nitrogens with zero attached hydrogens (tertiary/aromatic N) is 2. The van der Waals surface area contributed by atoms with Gasteiger partial charge in [0.2, 0.25) is 0 Å². The summed E-state index contributed by atoms with van der Waals surface area (Å²) in [6.07, 6.45) is 0. The normalized spacial score (nSPS) is 12.8. The molecule has 0 aliphatic rings. The molecule has 1 aromatic carbocycles. The van der Waals surface area contributed by atoms with E-state index in [1.54, 1.807) is 11.3 Å². The maximum Gasteiger partial charge on any atom is 0.193 e. The number of hydrogen-bond donors (Lipinski definition) is 2. The first-order chi connectivity index (χ1) is 10.5. The molecule has 3 N–H and O–H groups in total. The van der Waals surface area contributed by atoms with Crippen LogP contribution in [0.3, 0.4) is 0 Å². The molecule has 4 nitrogen and oxygen atoms in total. The molecule has 2 aromatic rings. The summed E-state index contributed by atoms with van der Waals surface area (Å²) in [7, 11) is 0. The van der Waals surface area contributed by atoms with Crippen molar-refractivity contribution >= 4 is 47.0 Å². The Labute approximate surface area is 159 Å². The Balaban J connectivity index is 0.00000264. The second-order valence-electron chi connectivity index (χ2n) is 5.86. The number of aromatic nitrogens is 1. The van der Waals surface area contributed by atoms with E-state index < -0.39 is 0 Å². The summed E-state index contributed by atoms with van der Waals surface area (Å²) in [5.74, 6) is 1.22. The molecule has 0 radical (unpaired) electrons. The van der Waals surface area contributed by atoms with Gasteiger partial charge >= 0.3 is 0 Å². The van der Waals surface area contributed by atoms with Crippen molar-refractivity contribution in [2.75, 3.05) is 11.9 Å². The first kappa shape index (κ1) is 19.9. The highest BCUT2D eigenvalue weighted by atomic mass is 127. The van der Waals surface area contributed by atoms with Crippen molar-refractivity contribution in [1.82, 2.24) is 4.98 Å². The highest BCUT2D eigenvalue weighted by Crippen LogP contribution is 2.20. The fourth-order valence-electron chi connectivity index (χ4n) is 2.07. The van der Waals surface area contributed by atoms with Gasteiger partial charge in [0, 0.05) is 22.7 Å². The third kappa shape index (κ3) is 6.10. The lowest BCUT2D eigenvalue weighted by Crippen LogP contribution is -2.23. The molecule has 1 atom stereocenters.